The van der Waals surface area contributed by atoms with Crippen LogP contribution in [0.1, 0.15) is 12.0 Å². The van der Waals surface area contributed by atoms with Crippen molar-refractivity contribution in [1.82, 2.24) is 5.32 Å². The number of aryl methyl sites for hydroxylation is 1. The van der Waals surface area contributed by atoms with E-state index in [2.05, 4.69) is 21.2 Å². The number of hydrogen-bond acceptors (Lipinski definition) is 5. The fraction of sp³-hybridized carbons (Fsp3) is 0.429. The number of halogens is 1. The molecule has 0 atom stereocenters. The summed E-state index contributed by atoms with van der Waals surface area (Å²) in [6.45, 7) is 4.43. The van der Waals surface area contributed by atoms with Crippen LogP contribution in [0, 0.1) is 6.92 Å². The van der Waals surface area contributed by atoms with E-state index in [0.29, 0.717) is 13.2 Å². The summed E-state index contributed by atoms with van der Waals surface area (Å²) in [6.07, 6.45) is 0.931. The molecule has 0 saturated heterocycles. The second kappa shape index (κ2) is 12.0. The third-order valence-electron chi connectivity index (χ3n) is 2.31. The molecule has 0 aliphatic carbocycles. The fourth-order valence-electron chi connectivity index (χ4n) is 1.31. The average Bonchev–Trinajstić information content (AvgIpc) is 2.45. The first-order valence-electron chi connectivity index (χ1n) is 6.55. The normalized spacial score (nSPS) is 9.59. The highest BCUT2D eigenvalue weighted by Gasteiger charge is 2.04. The highest BCUT2D eigenvalue weighted by molar-refractivity contribution is 9.10. The van der Waals surface area contributed by atoms with Gasteiger partial charge in [-0.3, -0.25) is 0 Å². The Hall–Kier alpha value is -1.64. The number of carbonyl (C=O) groups is 2. The topological polar surface area (TPSA) is 116 Å². The number of aliphatic hydroxyl groups excluding tert-OH is 1. The van der Waals surface area contributed by atoms with Gasteiger partial charge in [0, 0.05) is 6.54 Å². The van der Waals surface area contributed by atoms with E-state index in [4.69, 9.17) is 29.6 Å². The lowest BCUT2D eigenvalue weighted by Crippen LogP contribution is -2.20. The van der Waals surface area contributed by atoms with Gasteiger partial charge in [-0.1, -0.05) is 6.07 Å². The summed E-state index contributed by atoms with van der Waals surface area (Å²) < 4.78 is 6.62. The van der Waals surface area contributed by atoms with E-state index in [1.165, 1.54) is 5.56 Å². The Kier molecular flexibility index (Phi) is 11.1. The molecule has 124 valence electrons. The van der Waals surface area contributed by atoms with E-state index < -0.39 is 11.9 Å². The Morgan fingerprint density at radius 2 is 1.86 bits per heavy atom. The van der Waals surface area contributed by atoms with Crippen molar-refractivity contribution in [3.8, 4) is 5.75 Å². The maximum Gasteiger partial charge on any atom is 0.414 e. The van der Waals surface area contributed by atoms with E-state index in [1.54, 1.807) is 0 Å². The van der Waals surface area contributed by atoms with Gasteiger partial charge in [-0.15, -0.1) is 0 Å². The predicted octanol–water partition coefficient (Wildman–Crippen LogP) is 1.26. The number of benzene rings is 1. The van der Waals surface area contributed by atoms with Gasteiger partial charge in [0.15, 0.2) is 0 Å². The molecule has 0 aliphatic heterocycles. The van der Waals surface area contributed by atoms with E-state index >= 15 is 0 Å². The van der Waals surface area contributed by atoms with Gasteiger partial charge < -0.3 is 25.4 Å². The molecule has 0 radical (unpaired) electrons. The molecular formula is C14H20BrNO6. The monoisotopic (exact) mass is 377 g/mol. The van der Waals surface area contributed by atoms with Crippen molar-refractivity contribution in [2.75, 3.05) is 26.3 Å². The van der Waals surface area contributed by atoms with Crippen LogP contribution in [0.5, 0.6) is 5.75 Å². The summed E-state index contributed by atoms with van der Waals surface area (Å²) in [5.74, 6) is -2.77. The molecule has 0 aliphatic rings. The van der Waals surface area contributed by atoms with Crippen molar-refractivity contribution < 1.29 is 29.6 Å². The molecule has 1 aromatic carbocycles. The highest BCUT2D eigenvalue weighted by Crippen LogP contribution is 2.25. The van der Waals surface area contributed by atoms with Crippen LogP contribution in [0.2, 0.25) is 0 Å². The molecule has 7 nitrogen and oxygen atoms in total. The number of carboxylic acid groups (broad SMARTS) is 2. The summed E-state index contributed by atoms with van der Waals surface area (Å²) >= 11 is 3.47. The molecule has 0 aromatic heterocycles. The molecule has 1 aromatic rings. The van der Waals surface area contributed by atoms with Crippen molar-refractivity contribution in [1.29, 1.82) is 0 Å². The van der Waals surface area contributed by atoms with Gasteiger partial charge in [0.2, 0.25) is 0 Å². The third-order valence-corrected chi connectivity index (χ3v) is 2.93. The number of rotatable bonds is 7. The Labute approximate surface area is 137 Å². The van der Waals surface area contributed by atoms with Crippen LogP contribution in [0.4, 0.5) is 0 Å². The van der Waals surface area contributed by atoms with Gasteiger partial charge >= 0.3 is 11.9 Å². The minimum Gasteiger partial charge on any atom is -0.492 e. The van der Waals surface area contributed by atoms with Crippen molar-refractivity contribution in [2.24, 2.45) is 0 Å². The van der Waals surface area contributed by atoms with Crippen LogP contribution in [-0.4, -0.2) is 53.6 Å². The summed E-state index contributed by atoms with van der Waals surface area (Å²) in [6, 6.07) is 6.05. The lowest BCUT2D eigenvalue weighted by Gasteiger charge is -2.09. The van der Waals surface area contributed by atoms with E-state index in [9.17, 15) is 0 Å². The van der Waals surface area contributed by atoms with Crippen molar-refractivity contribution in [3.63, 3.8) is 0 Å². The number of hydrogen-bond donors (Lipinski definition) is 4. The summed E-state index contributed by atoms with van der Waals surface area (Å²) in [4.78, 5) is 18.2. The number of aliphatic carboxylic acids is 2. The van der Waals surface area contributed by atoms with E-state index in [-0.39, 0.29) is 6.61 Å². The second-order valence-corrected chi connectivity index (χ2v) is 5.07. The molecule has 4 N–H and O–H groups in total. The lowest BCUT2D eigenvalue weighted by molar-refractivity contribution is -0.159. The molecule has 8 heteroatoms. The molecular weight excluding hydrogens is 358 g/mol. The van der Waals surface area contributed by atoms with Crippen LogP contribution >= 0.6 is 15.9 Å². The Morgan fingerprint density at radius 3 is 2.36 bits per heavy atom. The standard InChI is InChI=1S/C12H18BrNO2.C2H2O4/c1-10-3-4-12(11(13)9-10)16-8-2-5-14-6-7-15;3-1(4)2(5)6/h3-4,9,14-15H,2,5-8H2,1H3;(H,3,4)(H,5,6). The first-order valence-corrected chi connectivity index (χ1v) is 7.34. The lowest BCUT2D eigenvalue weighted by atomic mass is 10.2. The number of aliphatic hydroxyl groups is 1. The molecule has 0 heterocycles. The van der Waals surface area contributed by atoms with E-state index in [1.807, 2.05) is 25.1 Å². The Morgan fingerprint density at radius 1 is 1.23 bits per heavy atom. The SMILES string of the molecule is Cc1ccc(OCCCNCCO)c(Br)c1.O=C(O)C(=O)O. The van der Waals surface area contributed by atoms with Crippen LogP contribution in [0.15, 0.2) is 22.7 Å². The van der Waals surface area contributed by atoms with Gasteiger partial charge in [0.1, 0.15) is 5.75 Å². The first kappa shape index (κ1) is 20.4. The minimum absolute atomic E-state index is 0.185. The number of carboxylic acids is 2. The molecule has 0 spiro atoms. The zero-order valence-corrected chi connectivity index (χ0v) is 13.8. The highest BCUT2D eigenvalue weighted by atomic mass is 79.9. The molecule has 0 bridgehead atoms. The minimum atomic E-state index is -1.82. The molecule has 0 amide bonds. The van der Waals surface area contributed by atoms with Crippen molar-refractivity contribution in [3.05, 3.63) is 28.2 Å². The van der Waals surface area contributed by atoms with Crippen LogP contribution in [0.25, 0.3) is 0 Å². The maximum atomic E-state index is 9.10. The molecule has 0 fully saturated rings. The zero-order chi connectivity index (χ0) is 17.0. The smallest absolute Gasteiger partial charge is 0.414 e. The van der Waals surface area contributed by atoms with Gasteiger partial charge in [-0.05, 0) is 53.5 Å². The number of ether oxygens (including phenoxy) is 1. The average molecular weight is 378 g/mol. The van der Waals surface area contributed by atoms with Gasteiger partial charge in [0.25, 0.3) is 0 Å². The van der Waals surface area contributed by atoms with Crippen molar-refractivity contribution >= 4 is 27.9 Å². The maximum absolute atomic E-state index is 9.10. The fourth-order valence-corrected chi connectivity index (χ4v) is 1.91. The zero-order valence-electron chi connectivity index (χ0n) is 12.2. The van der Waals surface area contributed by atoms with Crippen LogP contribution in [0.3, 0.4) is 0 Å². The summed E-state index contributed by atoms with van der Waals surface area (Å²) in [5, 5.41) is 26.4. The predicted molar refractivity (Wildman–Crippen MR) is 84.2 cm³/mol. The first-order chi connectivity index (χ1) is 10.4. The van der Waals surface area contributed by atoms with Gasteiger partial charge in [-0.25, -0.2) is 9.59 Å². The molecule has 1 rings (SSSR count). The Bertz CT molecular complexity index is 468. The van der Waals surface area contributed by atoms with Gasteiger partial charge in [-0.2, -0.15) is 0 Å². The quantitative estimate of drug-likeness (QED) is 0.417. The largest absolute Gasteiger partial charge is 0.492 e. The third kappa shape index (κ3) is 10.1. The molecule has 0 unspecified atom stereocenters. The molecule has 22 heavy (non-hydrogen) atoms. The summed E-state index contributed by atoms with van der Waals surface area (Å²) in [5.41, 5.74) is 1.21. The van der Waals surface area contributed by atoms with Crippen LogP contribution < -0.4 is 10.1 Å². The van der Waals surface area contributed by atoms with Crippen molar-refractivity contribution in [2.45, 2.75) is 13.3 Å². The summed E-state index contributed by atoms with van der Waals surface area (Å²) in [7, 11) is 0. The van der Waals surface area contributed by atoms with E-state index in [0.717, 1.165) is 23.2 Å². The van der Waals surface area contributed by atoms with Gasteiger partial charge in [0.05, 0.1) is 17.7 Å². The Balaban J connectivity index is 0.000000626. The molecule has 0 saturated carbocycles. The van der Waals surface area contributed by atoms with Crippen LogP contribution in [-0.2, 0) is 9.59 Å². The number of nitrogens with one attached hydrogen (secondary N) is 1. The second-order valence-electron chi connectivity index (χ2n) is 4.22.